The second-order valence-corrected chi connectivity index (χ2v) is 11.1. The van der Waals surface area contributed by atoms with Crippen LogP contribution in [0.5, 0.6) is 0 Å². The van der Waals surface area contributed by atoms with Crippen LogP contribution in [0.4, 0.5) is 24.5 Å². The highest BCUT2D eigenvalue weighted by molar-refractivity contribution is 6.06. The summed E-state index contributed by atoms with van der Waals surface area (Å²) in [5, 5.41) is 5.72. The molecule has 4 nitrogen and oxygen atoms in total. The normalized spacial score (nSPS) is 18.0. The first kappa shape index (κ1) is 28.9. The SMILES string of the molecule is C=C(/C=C(\Nc1cccc(CC)c1)C(=O)Nc1cccc(C(CCC2CC2)N2CCC(C)CC2)c1)C(F)(F)F. The molecule has 2 aromatic rings. The van der Waals surface area contributed by atoms with Crippen LogP contribution in [-0.2, 0) is 11.2 Å². The van der Waals surface area contributed by atoms with Crippen molar-refractivity contribution in [3.05, 3.63) is 83.6 Å². The Morgan fingerprint density at radius 2 is 1.72 bits per heavy atom. The smallest absolute Gasteiger partial charge is 0.351 e. The minimum atomic E-state index is -4.64. The fraction of sp³-hybridized carbons (Fsp3) is 0.469. The van der Waals surface area contributed by atoms with Crippen LogP contribution in [0, 0.1) is 11.8 Å². The van der Waals surface area contributed by atoms with E-state index in [0.717, 1.165) is 55.0 Å². The van der Waals surface area contributed by atoms with Crippen molar-refractivity contribution in [2.45, 2.75) is 71.0 Å². The number of alkyl halides is 3. The van der Waals surface area contributed by atoms with Crippen LogP contribution in [-0.4, -0.2) is 30.1 Å². The van der Waals surface area contributed by atoms with Gasteiger partial charge in [0.05, 0.1) is 5.57 Å². The summed E-state index contributed by atoms with van der Waals surface area (Å²) in [5.74, 6) is 0.907. The number of hydrogen-bond acceptors (Lipinski definition) is 3. The third kappa shape index (κ3) is 8.46. The number of allylic oxidation sites excluding steroid dienone is 2. The van der Waals surface area contributed by atoms with Crippen molar-refractivity contribution in [1.82, 2.24) is 4.90 Å². The first-order chi connectivity index (χ1) is 18.6. The van der Waals surface area contributed by atoms with Gasteiger partial charge in [-0.3, -0.25) is 9.69 Å². The van der Waals surface area contributed by atoms with Crippen molar-refractivity contribution in [2.75, 3.05) is 23.7 Å². The van der Waals surface area contributed by atoms with E-state index < -0.39 is 17.7 Å². The van der Waals surface area contributed by atoms with E-state index in [2.05, 4.69) is 35.1 Å². The number of carbonyl (C=O) groups is 1. The average Bonchev–Trinajstić information content (AvgIpc) is 3.74. The van der Waals surface area contributed by atoms with Crippen LogP contribution in [0.2, 0.25) is 0 Å². The number of anilines is 2. The van der Waals surface area contributed by atoms with Crippen molar-refractivity contribution in [2.24, 2.45) is 11.8 Å². The van der Waals surface area contributed by atoms with Crippen LogP contribution in [0.15, 0.2) is 72.5 Å². The molecule has 2 fully saturated rings. The maximum atomic E-state index is 13.3. The highest BCUT2D eigenvalue weighted by Crippen LogP contribution is 2.39. The Morgan fingerprint density at radius 1 is 1.05 bits per heavy atom. The number of rotatable bonds is 11. The molecular formula is C32H40F3N3O. The molecule has 0 bridgehead atoms. The molecule has 210 valence electrons. The van der Waals surface area contributed by atoms with E-state index >= 15 is 0 Å². The Labute approximate surface area is 230 Å². The van der Waals surface area contributed by atoms with Crippen LogP contribution in [0.3, 0.4) is 0 Å². The maximum Gasteiger partial charge on any atom is 0.415 e. The van der Waals surface area contributed by atoms with Crippen molar-refractivity contribution in [3.63, 3.8) is 0 Å². The van der Waals surface area contributed by atoms with Gasteiger partial charge in [-0.2, -0.15) is 13.2 Å². The molecule has 0 radical (unpaired) electrons. The van der Waals surface area contributed by atoms with E-state index in [1.165, 1.54) is 32.1 Å². The maximum absolute atomic E-state index is 13.3. The molecule has 4 rings (SSSR count). The van der Waals surface area contributed by atoms with Gasteiger partial charge in [-0.15, -0.1) is 0 Å². The molecule has 2 aromatic carbocycles. The van der Waals surface area contributed by atoms with Gasteiger partial charge in [0.15, 0.2) is 0 Å². The highest BCUT2D eigenvalue weighted by atomic mass is 19.4. The number of halogens is 3. The summed E-state index contributed by atoms with van der Waals surface area (Å²) in [7, 11) is 0. The number of hydrogen-bond donors (Lipinski definition) is 2. The Kier molecular flexibility index (Phi) is 9.54. The Balaban J connectivity index is 1.55. The molecule has 2 aliphatic rings. The van der Waals surface area contributed by atoms with Gasteiger partial charge in [0.2, 0.25) is 0 Å². The number of benzene rings is 2. The number of aryl methyl sites for hydroxylation is 1. The molecule has 1 atom stereocenters. The van der Waals surface area contributed by atoms with Gasteiger partial charge in [-0.25, -0.2) is 0 Å². The van der Waals surface area contributed by atoms with Crippen LogP contribution in [0.1, 0.15) is 69.5 Å². The topological polar surface area (TPSA) is 44.4 Å². The van der Waals surface area contributed by atoms with E-state index in [9.17, 15) is 18.0 Å². The van der Waals surface area contributed by atoms with Crippen molar-refractivity contribution in [3.8, 4) is 0 Å². The van der Waals surface area contributed by atoms with Crippen molar-refractivity contribution < 1.29 is 18.0 Å². The molecule has 1 unspecified atom stereocenters. The summed E-state index contributed by atoms with van der Waals surface area (Å²) >= 11 is 0. The van der Waals surface area contributed by atoms with Gasteiger partial charge in [0.25, 0.3) is 5.91 Å². The first-order valence-electron chi connectivity index (χ1n) is 14.1. The largest absolute Gasteiger partial charge is 0.415 e. The summed E-state index contributed by atoms with van der Waals surface area (Å²) in [6.07, 6.45) is 4.14. The number of carbonyl (C=O) groups excluding carboxylic acids is 1. The molecule has 0 aromatic heterocycles. The van der Waals surface area contributed by atoms with Crippen LogP contribution < -0.4 is 10.6 Å². The fourth-order valence-electron chi connectivity index (χ4n) is 5.16. The lowest BCUT2D eigenvalue weighted by Crippen LogP contribution is -2.36. The van der Waals surface area contributed by atoms with E-state index in [1.807, 2.05) is 37.3 Å². The van der Waals surface area contributed by atoms with Crippen molar-refractivity contribution >= 4 is 17.3 Å². The Morgan fingerprint density at radius 3 is 2.36 bits per heavy atom. The molecule has 1 amide bonds. The third-order valence-corrected chi connectivity index (χ3v) is 7.88. The quantitative estimate of drug-likeness (QED) is 0.223. The van der Waals surface area contributed by atoms with Gasteiger partial charge in [0, 0.05) is 17.4 Å². The Bertz CT molecular complexity index is 1180. The monoisotopic (exact) mass is 539 g/mol. The second kappa shape index (κ2) is 12.9. The lowest BCUT2D eigenvalue weighted by atomic mass is 9.93. The lowest BCUT2D eigenvalue weighted by molar-refractivity contribution is -0.112. The number of amides is 1. The van der Waals surface area contributed by atoms with E-state index in [-0.39, 0.29) is 11.7 Å². The molecule has 39 heavy (non-hydrogen) atoms. The van der Waals surface area contributed by atoms with Crippen LogP contribution >= 0.6 is 0 Å². The zero-order valence-electron chi connectivity index (χ0n) is 23.0. The van der Waals surface area contributed by atoms with Gasteiger partial charge >= 0.3 is 6.18 Å². The molecule has 0 spiro atoms. The molecule has 1 aliphatic carbocycles. The molecular weight excluding hydrogens is 499 g/mol. The minimum Gasteiger partial charge on any atom is -0.351 e. The van der Waals surface area contributed by atoms with Crippen LogP contribution in [0.25, 0.3) is 0 Å². The highest BCUT2D eigenvalue weighted by Gasteiger charge is 2.32. The molecule has 1 saturated heterocycles. The Hall–Kier alpha value is -3.06. The molecule has 1 saturated carbocycles. The van der Waals surface area contributed by atoms with E-state index in [0.29, 0.717) is 11.4 Å². The van der Waals surface area contributed by atoms with E-state index in [1.54, 1.807) is 12.1 Å². The number of piperidine rings is 1. The zero-order valence-corrected chi connectivity index (χ0v) is 23.0. The average molecular weight is 540 g/mol. The first-order valence-corrected chi connectivity index (χ1v) is 14.1. The predicted octanol–water partition coefficient (Wildman–Crippen LogP) is 8.27. The van der Waals surface area contributed by atoms with Crippen molar-refractivity contribution in [1.29, 1.82) is 0 Å². The third-order valence-electron chi connectivity index (χ3n) is 7.88. The standard InChI is InChI=1S/C32H40F3N3O/c1-4-24-7-5-9-27(20-24)36-29(19-23(3)32(33,34)35)31(39)37-28-10-6-8-26(21-28)30(14-13-25-11-12-25)38-17-15-22(2)16-18-38/h5-10,19-22,25,30,36H,3-4,11-18H2,1-2H3,(H,37,39)/b29-19-. The summed E-state index contributed by atoms with van der Waals surface area (Å²) < 4.78 is 40.0. The molecule has 1 aliphatic heterocycles. The minimum absolute atomic E-state index is 0.216. The number of nitrogens with one attached hydrogen (secondary N) is 2. The fourth-order valence-corrected chi connectivity index (χ4v) is 5.16. The van der Waals surface area contributed by atoms with Gasteiger partial charge in [-0.1, -0.05) is 57.5 Å². The summed E-state index contributed by atoms with van der Waals surface area (Å²) in [5.41, 5.74) is 1.93. The molecule has 7 heteroatoms. The summed E-state index contributed by atoms with van der Waals surface area (Å²) in [6.45, 7) is 9.54. The van der Waals surface area contributed by atoms with Gasteiger partial charge < -0.3 is 10.6 Å². The number of nitrogens with zero attached hydrogens (tertiary/aromatic N) is 1. The van der Waals surface area contributed by atoms with E-state index in [4.69, 9.17) is 0 Å². The summed E-state index contributed by atoms with van der Waals surface area (Å²) in [6, 6.07) is 15.3. The zero-order chi connectivity index (χ0) is 28.0. The summed E-state index contributed by atoms with van der Waals surface area (Å²) in [4.78, 5) is 15.9. The lowest BCUT2D eigenvalue weighted by Gasteiger charge is -2.37. The molecule has 2 N–H and O–H groups in total. The number of likely N-dealkylation sites (tertiary alicyclic amines) is 1. The van der Waals surface area contributed by atoms with Gasteiger partial charge in [-0.05, 0) is 98.5 Å². The second-order valence-electron chi connectivity index (χ2n) is 11.1. The van der Waals surface area contributed by atoms with Gasteiger partial charge in [0.1, 0.15) is 5.70 Å². The molecule has 1 heterocycles. The predicted molar refractivity (Wildman–Crippen MR) is 152 cm³/mol.